The van der Waals surface area contributed by atoms with E-state index in [9.17, 15) is 0 Å². The van der Waals surface area contributed by atoms with Gasteiger partial charge in [-0.05, 0) is 46.1 Å². The van der Waals surface area contributed by atoms with Gasteiger partial charge in [0.25, 0.3) is 5.89 Å². The molecule has 2 aromatic heterocycles. The van der Waals surface area contributed by atoms with E-state index in [-0.39, 0.29) is 5.54 Å². The van der Waals surface area contributed by atoms with Gasteiger partial charge in [-0.25, -0.2) is 0 Å². The summed E-state index contributed by atoms with van der Waals surface area (Å²) >= 11 is 6.42. The number of hydrogen-bond acceptors (Lipinski definition) is 5. The van der Waals surface area contributed by atoms with Gasteiger partial charge in [0.1, 0.15) is 5.69 Å². The number of nitrogens with zero attached hydrogens (tertiary/aromatic N) is 4. The van der Waals surface area contributed by atoms with Crippen molar-refractivity contribution in [2.24, 2.45) is 5.73 Å². The third kappa shape index (κ3) is 2.83. The number of nitrogens with two attached hydrogens (primary N) is 1. The molecule has 0 bridgehead atoms. The average molecular weight is 372 g/mol. The Hall–Kier alpha value is -2.18. The highest BCUT2D eigenvalue weighted by atomic mass is 35.5. The molecular formula is C19H22ClN5O. The van der Waals surface area contributed by atoms with E-state index in [2.05, 4.69) is 30.9 Å². The first kappa shape index (κ1) is 17.2. The van der Waals surface area contributed by atoms with Crippen molar-refractivity contribution in [3.8, 4) is 22.7 Å². The number of hydrogen-bond donors (Lipinski definition) is 1. The minimum Gasteiger partial charge on any atom is -0.334 e. The topological polar surface area (TPSA) is 82.8 Å². The fraction of sp³-hybridized carbons (Fsp3) is 0.421. The maximum absolute atomic E-state index is 6.42. The number of benzene rings is 1. The van der Waals surface area contributed by atoms with Crippen molar-refractivity contribution < 1.29 is 4.52 Å². The summed E-state index contributed by atoms with van der Waals surface area (Å²) in [6.07, 6.45) is 4.78. The lowest BCUT2D eigenvalue weighted by atomic mass is 9.77. The Morgan fingerprint density at radius 3 is 2.54 bits per heavy atom. The van der Waals surface area contributed by atoms with Gasteiger partial charge < -0.3 is 10.3 Å². The van der Waals surface area contributed by atoms with E-state index < -0.39 is 5.54 Å². The number of aromatic nitrogens is 4. The summed E-state index contributed by atoms with van der Waals surface area (Å²) in [6.45, 7) is 6.26. The predicted octanol–water partition coefficient (Wildman–Crippen LogP) is 4.35. The minimum atomic E-state index is -0.466. The Morgan fingerprint density at radius 1 is 1.19 bits per heavy atom. The Kier molecular flexibility index (Phi) is 3.93. The van der Waals surface area contributed by atoms with Gasteiger partial charge in [-0.1, -0.05) is 35.0 Å². The van der Waals surface area contributed by atoms with Gasteiger partial charge in [-0.15, -0.1) is 0 Å². The number of halogens is 1. The largest absolute Gasteiger partial charge is 0.334 e. The summed E-state index contributed by atoms with van der Waals surface area (Å²) in [5, 5.41) is 9.53. The normalized spacial score (nSPS) is 16.5. The predicted molar refractivity (Wildman–Crippen MR) is 101 cm³/mol. The van der Waals surface area contributed by atoms with Crippen molar-refractivity contribution in [3.63, 3.8) is 0 Å². The highest BCUT2D eigenvalue weighted by Gasteiger charge is 2.39. The van der Waals surface area contributed by atoms with Crippen LogP contribution < -0.4 is 5.73 Å². The van der Waals surface area contributed by atoms with Crippen molar-refractivity contribution in [3.05, 3.63) is 41.3 Å². The van der Waals surface area contributed by atoms with Crippen molar-refractivity contribution in [1.29, 1.82) is 0 Å². The van der Waals surface area contributed by atoms with Gasteiger partial charge in [-0.3, -0.25) is 4.68 Å². The van der Waals surface area contributed by atoms with E-state index in [0.29, 0.717) is 16.7 Å². The molecule has 0 saturated heterocycles. The molecule has 0 amide bonds. The third-order valence-electron chi connectivity index (χ3n) is 4.88. The molecule has 2 heterocycles. The summed E-state index contributed by atoms with van der Waals surface area (Å²) in [5.41, 5.74) is 7.99. The summed E-state index contributed by atoms with van der Waals surface area (Å²) < 4.78 is 7.46. The first-order chi connectivity index (χ1) is 12.3. The van der Waals surface area contributed by atoms with Crippen LogP contribution in [0.3, 0.4) is 0 Å². The van der Waals surface area contributed by atoms with Gasteiger partial charge in [-0.2, -0.15) is 10.1 Å². The molecule has 4 rings (SSSR count). The zero-order valence-corrected chi connectivity index (χ0v) is 15.9. The Bertz CT molecular complexity index is 949. The highest BCUT2D eigenvalue weighted by molar-refractivity contribution is 6.33. The van der Waals surface area contributed by atoms with Crippen molar-refractivity contribution in [2.75, 3.05) is 0 Å². The zero-order chi connectivity index (χ0) is 18.5. The zero-order valence-electron chi connectivity index (χ0n) is 15.2. The van der Waals surface area contributed by atoms with E-state index in [4.69, 9.17) is 27.0 Å². The second kappa shape index (κ2) is 5.93. The van der Waals surface area contributed by atoms with Crippen molar-refractivity contribution >= 4 is 11.6 Å². The Morgan fingerprint density at radius 2 is 1.92 bits per heavy atom. The molecule has 3 aromatic rings. The second-order valence-corrected chi connectivity index (χ2v) is 8.33. The molecule has 1 fully saturated rings. The lowest BCUT2D eigenvalue weighted by Crippen LogP contribution is -2.44. The van der Waals surface area contributed by atoms with Crippen molar-refractivity contribution in [2.45, 2.75) is 51.1 Å². The van der Waals surface area contributed by atoms with Gasteiger partial charge >= 0.3 is 0 Å². The van der Waals surface area contributed by atoms with E-state index in [1.165, 1.54) is 0 Å². The summed E-state index contributed by atoms with van der Waals surface area (Å²) in [6, 6.07) is 7.61. The maximum atomic E-state index is 6.42. The van der Waals surface area contributed by atoms with Crippen LogP contribution in [0.25, 0.3) is 22.7 Å². The maximum Gasteiger partial charge on any atom is 0.261 e. The smallest absolute Gasteiger partial charge is 0.261 e. The molecule has 0 atom stereocenters. The quantitative estimate of drug-likeness (QED) is 0.740. The molecule has 0 unspecified atom stereocenters. The van der Waals surface area contributed by atoms with Gasteiger partial charge in [0.2, 0.25) is 0 Å². The fourth-order valence-electron chi connectivity index (χ4n) is 3.04. The van der Waals surface area contributed by atoms with E-state index in [0.717, 1.165) is 36.1 Å². The van der Waals surface area contributed by atoms with Crippen LogP contribution in [-0.4, -0.2) is 19.9 Å². The van der Waals surface area contributed by atoms with E-state index in [1.807, 2.05) is 35.1 Å². The summed E-state index contributed by atoms with van der Waals surface area (Å²) in [4.78, 5) is 4.59. The molecule has 1 aromatic carbocycles. The molecule has 7 heteroatoms. The van der Waals surface area contributed by atoms with Crippen LogP contribution in [0.2, 0.25) is 5.02 Å². The summed E-state index contributed by atoms with van der Waals surface area (Å²) in [7, 11) is 0. The monoisotopic (exact) mass is 371 g/mol. The Balaban J connectivity index is 1.85. The van der Waals surface area contributed by atoms with Gasteiger partial charge in [0.15, 0.2) is 5.82 Å². The first-order valence-corrected chi connectivity index (χ1v) is 9.14. The molecule has 1 saturated carbocycles. The standard InChI is InChI=1S/C19H22ClN5O/c1-18(2,3)25-11-13(15(23-25)12-7-4-5-8-14(12)20)16-22-17(24-26-16)19(21)9-6-10-19/h4-5,7-8,11H,6,9-10,21H2,1-3H3. The molecule has 1 aliphatic carbocycles. The molecule has 1 aliphatic rings. The van der Waals surface area contributed by atoms with Crippen LogP contribution in [0.15, 0.2) is 35.0 Å². The van der Waals surface area contributed by atoms with Crippen LogP contribution in [0, 0.1) is 0 Å². The fourth-order valence-corrected chi connectivity index (χ4v) is 3.27. The molecule has 0 radical (unpaired) electrons. The second-order valence-electron chi connectivity index (χ2n) is 7.92. The molecule has 0 spiro atoms. The van der Waals surface area contributed by atoms with Crippen LogP contribution in [0.1, 0.15) is 45.9 Å². The van der Waals surface area contributed by atoms with Crippen molar-refractivity contribution in [1.82, 2.24) is 19.9 Å². The summed E-state index contributed by atoms with van der Waals surface area (Å²) in [5.74, 6) is 0.981. The van der Waals surface area contributed by atoms with Crippen LogP contribution in [-0.2, 0) is 11.1 Å². The minimum absolute atomic E-state index is 0.194. The number of rotatable bonds is 3. The van der Waals surface area contributed by atoms with Gasteiger partial charge in [0.05, 0.1) is 21.7 Å². The molecule has 26 heavy (non-hydrogen) atoms. The molecule has 2 N–H and O–H groups in total. The van der Waals surface area contributed by atoms with Crippen LogP contribution >= 0.6 is 11.6 Å². The molecule has 136 valence electrons. The Labute approximate surface area is 157 Å². The van der Waals surface area contributed by atoms with E-state index in [1.54, 1.807) is 0 Å². The van der Waals surface area contributed by atoms with Crippen LogP contribution in [0.5, 0.6) is 0 Å². The first-order valence-electron chi connectivity index (χ1n) is 8.76. The lowest BCUT2D eigenvalue weighted by molar-refractivity contribution is 0.229. The average Bonchev–Trinajstić information content (AvgIpc) is 3.19. The SMILES string of the molecule is CC(C)(C)n1cc(-c2nc(C3(N)CCC3)no2)c(-c2ccccc2Cl)n1. The van der Waals surface area contributed by atoms with Crippen LogP contribution in [0.4, 0.5) is 0 Å². The molecular weight excluding hydrogens is 350 g/mol. The third-order valence-corrected chi connectivity index (χ3v) is 5.21. The van der Waals surface area contributed by atoms with E-state index >= 15 is 0 Å². The molecule has 6 nitrogen and oxygen atoms in total. The molecule has 0 aliphatic heterocycles. The lowest BCUT2D eigenvalue weighted by Gasteiger charge is -2.34. The van der Waals surface area contributed by atoms with Gasteiger partial charge in [0, 0.05) is 11.8 Å². The highest BCUT2D eigenvalue weighted by Crippen LogP contribution is 2.39.